The van der Waals surface area contributed by atoms with Gasteiger partial charge in [0, 0.05) is 17.1 Å². The zero-order valence-electron chi connectivity index (χ0n) is 11.8. The molecule has 0 spiro atoms. The largest absolute Gasteiger partial charge is 0.335 e. The van der Waals surface area contributed by atoms with Crippen molar-refractivity contribution in [2.45, 2.75) is 50.7 Å². The molecule has 1 aromatic carbocycles. The number of nitrogens with zero attached hydrogens (tertiary/aromatic N) is 1. The highest BCUT2D eigenvalue weighted by Gasteiger charge is 2.35. The summed E-state index contributed by atoms with van der Waals surface area (Å²) < 4.78 is 1.08. The van der Waals surface area contributed by atoms with Crippen LogP contribution in [0.5, 0.6) is 0 Å². The van der Waals surface area contributed by atoms with Crippen molar-refractivity contribution >= 4 is 21.8 Å². The van der Waals surface area contributed by atoms with E-state index in [4.69, 9.17) is 0 Å². The van der Waals surface area contributed by atoms with Gasteiger partial charge in [-0.05, 0) is 50.3 Å². The van der Waals surface area contributed by atoms with Crippen molar-refractivity contribution in [3.05, 3.63) is 34.3 Å². The molecule has 3 rings (SSSR count). The molecule has 2 fully saturated rings. The predicted molar refractivity (Wildman–Crippen MR) is 83.4 cm³/mol. The minimum absolute atomic E-state index is 0.0362. The summed E-state index contributed by atoms with van der Waals surface area (Å²) in [5, 5.41) is 3.49. The number of halogens is 1. The zero-order chi connectivity index (χ0) is 14.1. The number of piperidine rings is 1. The second-order valence-electron chi connectivity index (χ2n) is 5.89. The van der Waals surface area contributed by atoms with Gasteiger partial charge in [-0.1, -0.05) is 28.1 Å². The van der Waals surface area contributed by atoms with E-state index in [-0.39, 0.29) is 18.0 Å². The van der Waals surface area contributed by atoms with Crippen LogP contribution >= 0.6 is 15.9 Å². The van der Waals surface area contributed by atoms with E-state index >= 15 is 0 Å². The molecule has 1 N–H and O–H groups in total. The third kappa shape index (κ3) is 3.07. The first-order valence-corrected chi connectivity index (χ1v) is 8.26. The number of rotatable bonds is 4. The lowest BCUT2D eigenvalue weighted by Crippen LogP contribution is -2.51. The molecule has 0 aromatic heterocycles. The molecule has 20 heavy (non-hydrogen) atoms. The summed E-state index contributed by atoms with van der Waals surface area (Å²) in [6.07, 6.45) is 4.54. The summed E-state index contributed by atoms with van der Waals surface area (Å²) in [6, 6.07) is 9.06. The molecular weight excluding hydrogens is 316 g/mol. The van der Waals surface area contributed by atoms with Crippen LogP contribution in [-0.4, -0.2) is 29.4 Å². The molecule has 0 radical (unpaired) electrons. The number of carbonyl (C=O) groups excluding carboxylic acids is 1. The highest BCUT2D eigenvalue weighted by molar-refractivity contribution is 9.10. The van der Waals surface area contributed by atoms with Gasteiger partial charge in [-0.2, -0.15) is 0 Å². The maximum atomic E-state index is 12.6. The Hall–Kier alpha value is -0.870. The first-order chi connectivity index (χ1) is 9.65. The van der Waals surface area contributed by atoms with Crippen LogP contribution in [0.3, 0.4) is 0 Å². The van der Waals surface area contributed by atoms with Crippen molar-refractivity contribution in [3.63, 3.8) is 0 Å². The maximum absolute atomic E-state index is 12.6. The van der Waals surface area contributed by atoms with Gasteiger partial charge in [0.2, 0.25) is 5.91 Å². The molecule has 3 nitrogen and oxygen atoms in total. The summed E-state index contributed by atoms with van der Waals surface area (Å²) in [4.78, 5) is 14.7. The fraction of sp³-hybridized carbons (Fsp3) is 0.562. The van der Waals surface area contributed by atoms with Crippen LogP contribution in [0, 0.1) is 0 Å². The number of nitrogens with one attached hydrogen (secondary N) is 1. The van der Waals surface area contributed by atoms with Crippen molar-refractivity contribution in [1.29, 1.82) is 0 Å². The first kappa shape index (κ1) is 14.1. The van der Waals surface area contributed by atoms with Crippen LogP contribution in [-0.2, 0) is 4.79 Å². The van der Waals surface area contributed by atoms with E-state index in [2.05, 4.69) is 40.3 Å². The Labute approximate surface area is 128 Å². The number of hydrogen-bond acceptors (Lipinski definition) is 2. The molecule has 1 saturated carbocycles. The van der Waals surface area contributed by atoms with Crippen LogP contribution in [0.15, 0.2) is 28.7 Å². The van der Waals surface area contributed by atoms with Gasteiger partial charge in [0.25, 0.3) is 0 Å². The molecule has 1 aliphatic carbocycles. The molecule has 1 amide bonds. The third-order valence-electron chi connectivity index (χ3n) is 4.31. The number of hydrogen-bond donors (Lipinski definition) is 1. The Balaban J connectivity index is 1.70. The molecule has 4 heteroatoms. The summed E-state index contributed by atoms with van der Waals surface area (Å²) in [5.74, 6) is 0.276. The van der Waals surface area contributed by atoms with Gasteiger partial charge in [-0.15, -0.1) is 0 Å². The normalized spacial score (nSPS) is 24.8. The Bertz CT molecular complexity index is 484. The van der Waals surface area contributed by atoms with Crippen LogP contribution < -0.4 is 5.32 Å². The third-order valence-corrected chi connectivity index (χ3v) is 4.84. The lowest BCUT2D eigenvalue weighted by molar-refractivity contribution is -0.138. The van der Waals surface area contributed by atoms with Gasteiger partial charge in [-0.25, -0.2) is 0 Å². The standard InChI is InChI=1S/C16H21BrN2O/c1-11(12-4-6-13(17)7-5-12)19-10-2-3-15(16(19)20)18-14-8-9-14/h4-7,11,14-15,18H,2-3,8-10H2,1H3. The minimum Gasteiger partial charge on any atom is -0.335 e. The number of amides is 1. The second-order valence-corrected chi connectivity index (χ2v) is 6.81. The quantitative estimate of drug-likeness (QED) is 0.915. The van der Waals surface area contributed by atoms with Gasteiger partial charge in [0.15, 0.2) is 0 Å². The molecule has 2 atom stereocenters. The minimum atomic E-state index is 0.0362. The highest BCUT2D eigenvalue weighted by atomic mass is 79.9. The number of benzene rings is 1. The van der Waals surface area contributed by atoms with Gasteiger partial charge < -0.3 is 10.2 Å². The van der Waals surface area contributed by atoms with Crippen molar-refractivity contribution < 1.29 is 4.79 Å². The second kappa shape index (κ2) is 5.86. The van der Waals surface area contributed by atoms with E-state index in [0.717, 1.165) is 23.9 Å². The van der Waals surface area contributed by atoms with E-state index in [1.807, 2.05) is 17.0 Å². The number of likely N-dealkylation sites (tertiary alicyclic amines) is 1. The Morgan fingerprint density at radius 1 is 1.25 bits per heavy atom. The topological polar surface area (TPSA) is 32.3 Å². The van der Waals surface area contributed by atoms with Crippen LogP contribution in [0.1, 0.15) is 44.2 Å². The molecule has 2 unspecified atom stereocenters. The predicted octanol–water partition coefficient (Wildman–Crippen LogP) is 3.25. The van der Waals surface area contributed by atoms with Gasteiger partial charge in [0.1, 0.15) is 0 Å². The summed E-state index contributed by atoms with van der Waals surface area (Å²) >= 11 is 3.46. The van der Waals surface area contributed by atoms with Crippen molar-refractivity contribution in [2.24, 2.45) is 0 Å². The van der Waals surface area contributed by atoms with Gasteiger partial charge in [-0.3, -0.25) is 4.79 Å². The SMILES string of the molecule is CC(c1ccc(Br)cc1)N1CCCC(NC2CC2)C1=O. The molecule has 1 aromatic rings. The fourth-order valence-corrected chi connectivity index (χ4v) is 3.16. The fourth-order valence-electron chi connectivity index (χ4n) is 2.89. The summed E-state index contributed by atoms with van der Waals surface area (Å²) in [5.41, 5.74) is 1.20. The number of carbonyl (C=O) groups is 1. The average molecular weight is 337 g/mol. The lowest BCUT2D eigenvalue weighted by atomic mass is 9.99. The maximum Gasteiger partial charge on any atom is 0.240 e. The van der Waals surface area contributed by atoms with Crippen molar-refractivity contribution in [1.82, 2.24) is 10.2 Å². The molecule has 108 valence electrons. The summed E-state index contributed by atoms with van der Waals surface area (Å²) in [7, 11) is 0. The van der Waals surface area contributed by atoms with E-state index in [1.165, 1.54) is 18.4 Å². The van der Waals surface area contributed by atoms with Crippen LogP contribution in [0.25, 0.3) is 0 Å². The van der Waals surface area contributed by atoms with E-state index in [1.54, 1.807) is 0 Å². The Morgan fingerprint density at radius 3 is 2.60 bits per heavy atom. The monoisotopic (exact) mass is 336 g/mol. The first-order valence-electron chi connectivity index (χ1n) is 7.47. The average Bonchev–Trinajstić information content (AvgIpc) is 3.25. The van der Waals surface area contributed by atoms with Crippen LogP contribution in [0.4, 0.5) is 0 Å². The van der Waals surface area contributed by atoms with E-state index < -0.39 is 0 Å². The van der Waals surface area contributed by atoms with Gasteiger partial charge in [0.05, 0.1) is 12.1 Å². The molecule has 2 aliphatic rings. The Kier molecular flexibility index (Phi) is 4.13. The lowest BCUT2D eigenvalue weighted by Gasteiger charge is -2.37. The zero-order valence-corrected chi connectivity index (χ0v) is 13.4. The molecule has 1 saturated heterocycles. The highest BCUT2D eigenvalue weighted by Crippen LogP contribution is 2.28. The molecule has 0 bridgehead atoms. The van der Waals surface area contributed by atoms with Crippen LogP contribution in [0.2, 0.25) is 0 Å². The molecule has 1 heterocycles. The molecule has 1 aliphatic heterocycles. The van der Waals surface area contributed by atoms with Crippen molar-refractivity contribution in [3.8, 4) is 0 Å². The molecular formula is C16H21BrN2O. The Morgan fingerprint density at radius 2 is 1.95 bits per heavy atom. The summed E-state index contributed by atoms with van der Waals surface area (Å²) in [6.45, 7) is 3.00. The van der Waals surface area contributed by atoms with Gasteiger partial charge >= 0.3 is 0 Å². The smallest absolute Gasteiger partial charge is 0.240 e. The van der Waals surface area contributed by atoms with E-state index in [9.17, 15) is 4.79 Å². The van der Waals surface area contributed by atoms with E-state index in [0.29, 0.717) is 6.04 Å². The van der Waals surface area contributed by atoms with Crippen molar-refractivity contribution in [2.75, 3.05) is 6.54 Å².